The van der Waals surface area contributed by atoms with Gasteiger partial charge in [0.2, 0.25) is 5.91 Å². The van der Waals surface area contributed by atoms with Gasteiger partial charge in [-0.2, -0.15) is 4.98 Å². The summed E-state index contributed by atoms with van der Waals surface area (Å²) in [5.74, 6) is -5.43. The van der Waals surface area contributed by atoms with E-state index in [0.29, 0.717) is 0 Å². The number of nitrogens with two attached hydrogens (primary N) is 1. The highest BCUT2D eigenvalue weighted by Gasteiger charge is 2.60. The Balaban J connectivity index is 1.83. The summed E-state index contributed by atoms with van der Waals surface area (Å²) in [5.41, 5.74) is 4.50. The first-order valence-electron chi connectivity index (χ1n) is 11.7. The molecule has 2 aliphatic rings. The molecular weight excluding hydrogens is 567 g/mol. The monoisotopic (exact) mass is 596 g/mol. The van der Waals surface area contributed by atoms with Crippen LogP contribution in [-0.2, 0) is 32.9 Å². The van der Waals surface area contributed by atoms with Gasteiger partial charge in [0.1, 0.15) is 49.0 Å². The second-order valence-electron chi connectivity index (χ2n) is 9.08. The molecule has 19 nitrogen and oxygen atoms in total. The van der Waals surface area contributed by atoms with Crippen molar-refractivity contribution in [2.45, 2.75) is 74.1 Å². The van der Waals surface area contributed by atoms with Gasteiger partial charge in [-0.1, -0.05) is 4.52 Å². The lowest BCUT2D eigenvalue weighted by Crippen LogP contribution is -2.67. The molecule has 3 rings (SSSR count). The Labute approximate surface area is 225 Å². The van der Waals surface area contributed by atoms with Gasteiger partial charge in [-0.3, -0.25) is 9.36 Å². The third-order valence-electron chi connectivity index (χ3n) is 6.24. The van der Waals surface area contributed by atoms with E-state index >= 15 is 0 Å². The highest BCUT2D eigenvalue weighted by molar-refractivity contribution is 7.30. The van der Waals surface area contributed by atoms with Crippen LogP contribution in [0.4, 0.5) is 5.82 Å². The Morgan fingerprint density at radius 1 is 1.35 bits per heavy atom. The SMILES string of the molecule is CC(=O)N[C@H]1[C@H]([C@H](O)[C@H](O)CO)OC(O[P+](=O)[O-])(C(=O)OC[C@H]2O[C@@H](n3ccc(N)nc3=O)[C@H](O)[C@@H]2O)C[C@@H]1O. The number of amides is 1. The maximum Gasteiger partial charge on any atom is 0.492 e. The molecule has 2 aliphatic heterocycles. The standard InChI is InChI=1S/C20H29N4O15P/c1-7(26)22-12-8(27)4-20(39-40(34)35,38-16(12)13(29)9(28)5-25)18(32)36-6-10-14(30)15(31)17(37-10)24-3-2-11(21)23-19(24)33/h2-3,8-10,12-17,25,27-31H,4-6H2,1H3,(H,22,26)(H2,21,23,33)/t8-,9+,10+,12+,13+,14+,15+,16+,17+,20?/m0/s1. The van der Waals surface area contributed by atoms with Gasteiger partial charge in [-0.15, -0.1) is 0 Å². The van der Waals surface area contributed by atoms with Gasteiger partial charge in [-0.25, -0.2) is 9.59 Å². The van der Waals surface area contributed by atoms with Crippen LogP contribution >= 0.6 is 8.25 Å². The zero-order chi connectivity index (χ0) is 29.9. The summed E-state index contributed by atoms with van der Waals surface area (Å²) >= 11 is 0. The maximum atomic E-state index is 13.1. The zero-order valence-electron chi connectivity index (χ0n) is 20.7. The van der Waals surface area contributed by atoms with Crippen molar-refractivity contribution < 1.29 is 68.4 Å². The molecule has 1 amide bonds. The molecule has 20 heteroatoms. The quantitative estimate of drug-likeness (QED) is 0.0920. The third-order valence-corrected chi connectivity index (χ3v) is 6.68. The number of hydrogen-bond donors (Lipinski definition) is 8. The first-order valence-corrected chi connectivity index (χ1v) is 12.8. The fraction of sp³-hybridized carbons (Fsp3) is 0.700. The number of carbonyl (C=O) groups is 2. The molecule has 0 saturated carbocycles. The molecule has 3 heterocycles. The first kappa shape index (κ1) is 31.8. The molecule has 0 radical (unpaired) electrons. The number of nitrogens with zero attached hydrogens (tertiary/aromatic N) is 2. The maximum absolute atomic E-state index is 13.1. The van der Waals surface area contributed by atoms with E-state index in [1.165, 1.54) is 6.07 Å². The molecule has 1 aromatic heterocycles. The molecule has 0 aliphatic carbocycles. The highest BCUT2D eigenvalue weighted by Crippen LogP contribution is 2.39. The van der Waals surface area contributed by atoms with E-state index in [2.05, 4.69) is 14.8 Å². The number of carbonyl (C=O) groups excluding carboxylic acids is 2. The Morgan fingerprint density at radius 3 is 2.60 bits per heavy atom. The number of anilines is 1. The van der Waals surface area contributed by atoms with Crippen molar-refractivity contribution in [1.82, 2.24) is 14.9 Å². The van der Waals surface area contributed by atoms with Gasteiger partial charge in [0.05, 0.1) is 18.8 Å². The molecule has 0 bridgehead atoms. The molecular formula is C20H29N4O15P. The van der Waals surface area contributed by atoms with Crippen LogP contribution in [-0.4, -0.2) is 120 Å². The number of rotatable bonds is 10. The van der Waals surface area contributed by atoms with E-state index < -0.39 is 106 Å². The number of esters is 1. The lowest BCUT2D eigenvalue weighted by molar-refractivity contribution is -0.302. The summed E-state index contributed by atoms with van der Waals surface area (Å²) < 4.78 is 32.8. The number of nitrogens with one attached hydrogen (secondary N) is 1. The second kappa shape index (κ2) is 12.9. The minimum absolute atomic E-state index is 0.118. The Kier molecular flexibility index (Phi) is 10.3. The van der Waals surface area contributed by atoms with Gasteiger partial charge in [-0.05, 0) is 10.6 Å². The van der Waals surface area contributed by atoms with E-state index in [1.54, 1.807) is 0 Å². The molecule has 2 fully saturated rings. The van der Waals surface area contributed by atoms with Crippen molar-refractivity contribution in [3.63, 3.8) is 0 Å². The third kappa shape index (κ3) is 6.78. The van der Waals surface area contributed by atoms with Crippen LogP contribution in [0.1, 0.15) is 19.6 Å². The van der Waals surface area contributed by atoms with Gasteiger partial charge < -0.3 is 60.8 Å². The molecule has 2 unspecified atom stereocenters. The minimum Gasteiger partial charge on any atom is -0.566 e. The number of aliphatic hydroxyl groups is 6. The molecule has 224 valence electrons. The topological polar surface area (TPSA) is 306 Å². The second-order valence-corrected chi connectivity index (χ2v) is 9.71. The van der Waals surface area contributed by atoms with E-state index in [9.17, 15) is 54.5 Å². The summed E-state index contributed by atoms with van der Waals surface area (Å²) in [4.78, 5) is 51.8. The molecule has 0 spiro atoms. The fourth-order valence-corrected chi connectivity index (χ4v) is 4.75. The molecule has 11 atom stereocenters. The van der Waals surface area contributed by atoms with Crippen molar-refractivity contribution in [3.8, 4) is 0 Å². The first-order chi connectivity index (χ1) is 18.7. The lowest BCUT2D eigenvalue weighted by Gasteiger charge is -2.45. The Hall–Kier alpha value is -2.68. The van der Waals surface area contributed by atoms with Crippen LogP contribution in [0.3, 0.4) is 0 Å². The van der Waals surface area contributed by atoms with Gasteiger partial charge in [0.25, 0.3) is 0 Å². The Morgan fingerprint density at radius 2 is 2.02 bits per heavy atom. The van der Waals surface area contributed by atoms with Crippen LogP contribution in [0.25, 0.3) is 0 Å². The predicted octanol–water partition coefficient (Wildman–Crippen LogP) is -5.91. The number of aliphatic hydroxyl groups excluding tert-OH is 6. The van der Waals surface area contributed by atoms with Crippen molar-refractivity contribution >= 4 is 25.9 Å². The van der Waals surface area contributed by atoms with Crippen LogP contribution in [0.2, 0.25) is 0 Å². The van der Waals surface area contributed by atoms with E-state index in [-0.39, 0.29) is 5.82 Å². The van der Waals surface area contributed by atoms with Crippen molar-refractivity contribution in [2.24, 2.45) is 0 Å². The Bertz CT molecular complexity index is 1160. The fourth-order valence-electron chi connectivity index (χ4n) is 4.32. The number of nitrogen functional groups attached to an aromatic ring is 1. The normalized spacial score (nSPS) is 34.1. The number of aromatic nitrogens is 2. The lowest BCUT2D eigenvalue weighted by atomic mass is 9.88. The van der Waals surface area contributed by atoms with E-state index in [1.807, 2.05) is 0 Å². The molecule has 1 aromatic rings. The van der Waals surface area contributed by atoms with Crippen LogP contribution in [0.5, 0.6) is 0 Å². The highest BCUT2D eigenvalue weighted by atomic mass is 31.1. The van der Waals surface area contributed by atoms with Crippen LogP contribution < -0.4 is 21.6 Å². The van der Waals surface area contributed by atoms with Gasteiger partial charge in [0, 0.05) is 19.5 Å². The largest absolute Gasteiger partial charge is 0.566 e. The van der Waals surface area contributed by atoms with Crippen molar-refractivity contribution in [2.75, 3.05) is 18.9 Å². The minimum atomic E-state index is -3.89. The summed E-state index contributed by atoms with van der Waals surface area (Å²) in [6, 6.07) is -0.286. The molecule has 40 heavy (non-hydrogen) atoms. The van der Waals surface area contributed by atoms with Crippen molar-refractivity contribution in [3.05, 3.63) is 22.7 Å². The summed E-state index contributed by atoms with van der Waals surface area (Å²) in [6.45, 7) is -0.847. The number of ether oxygens (including phenoxy) is 3. The number of hydrogen-bond acceptors (Lipinski definition) is 17. The average molecular weight is 596 g/mol. The average Bonchev–Trinajstić information content (AvgIpc) is 3.15. The van der Waals surface area contributed by atoms with Crippen LogP contribution in [0, 0.1) is 0 Å². The predicted molar refractivity (Wildman–Crippen MR) is 123 cm³/mol. The van der Waals surface area contributed by atoms with Gasteiger partial charge >= 0.3 is 25.7 Å². The molecule has 2 saturated heterocycles. The van der Waals surface area contributed by atoms with Gasteiger partial charge in [0.15, 0.2) is 6.23 Å². The summed E-state index contributed by atoms with van der Waals surface area (Å²) in [7, 11) is -3.89. The van der Waals surface area contributed by atoms with E-state index in [0.717, 1.165) is 17.7 Å². The van der Waals surface area contributed by atoms with E-state index in [4.69, 9.17) is 19.9 Å². The van der Waals surface area contributed by atoms with Crippen LogP contribution in [0.15, 0.2) is 17.1 Å². The smallest absolute Gasteiger partial charge is 0.492 e. The molecule has 0 aromatic carbocycles. The molecule has 9 N–H and O–H groups in total. The summed E-state index contributed by atoms with van der Waals surface area (Å²) in [6.07, 6.45) is -14.0. The van der Waals surface area contributed by atoms with Crippen molar-refractivity contribution in [1.29, 1.82) is 0 Å². The zero-order valence-corrected chi connectivity index (χ0v) is 21.6. The summed E-state index contributed by atoms with van der Waals surface area (Å²) in [5, 5.41) is 63.2.